The molecule has 1 fully saturated rings. The Morgan fingerprint density at radius 3 is 2.71 bits per heavy atom. The third kappa shape index (κ3) is 3.26. The number of nitrogens with zero attached hydrogens (tertiary/aromatic N) is 1. The van der Waals surface area contributed by atoms with Gasteiger partial charge in [-0.3, -0.25) is 4.90 Å². The second-order valence-electron chi connectivity index (χ2n) is 4.25. The van der Waals surface area contributed by atoms with E-state index in [2.05, 4.69) is 5.32 Å². The normalized spacial score (nSPS) is 24.1. The highest BCUT2D eigenvalue weighted by atomic mass is 32.2. The van der Waals surface area contributed by atoms with Crippen LogP contribution in [0.15, 0.2) is 0 Å². The lowest BCUT2D eigenvalue weighted by Crippen LogP contribution is -2.52. The molecule has 1 rings (SSSR count). The average molecular weight is 261 g/mol. The van der Waals surface area contributed by atoms with Crippen molar-refractivity contribution in [2.24, 2.45) is 11.7 Å². The zero-order valence-electron chi connectivity index (χ0n) is 10.0. The molecule has 1 heterocycles. The quantitative estimate of drug-likeness (QED) is 0.669. The summed E-state index contributed by atoms with van der Waals surface area (Å²) < 4.78 is 0. The number of nitrogens with two attached hydrogens (primary N) is 1. The summed E-state index contributed by atoms with van der Waals surface area (Å²) in [5.74, 6) is -0.301. The van der Waals surface area contributed by atoms with Crippen LogP contribution in [0, 0.1) is 5.92 Å². The number of nitrogens with one attached hydrogen (secondary N) is 1. The van der Waals surface area contributed by atoms with E-state index in [9.17, 15) is 9.59 Å². The number of carbonyl (C=O) groups excluding carboxylic acids is 1. The number of amides is 2. The molecule has 0 aromatic rings. The van der Waals surface area contributed by atoms with E-state index >= 15 is 0 Å². The highest BCUT2D eigenvalue weighted by molar-refractivity contribution is 8.00. The maximum absolute atomic E-state index is 11.9. The van der Waals surface area contributed by atoms with Gasteiger partial charge in [0.1, 0.15) is 6.04 Å². The average Bonchev–Trinajstić information content (AvgIpc) is 2.70. The number of aliphatic carboxylic acids is 1. The summed E-state index contributed by atoms with van der Waals surface area (Å²) in [6.07, 6.45) is 0. The molecule has 1 aliphatic heterocycles. The maximum atomic E-state index is 11.9. The van der Waals surface area contributed by atoms with Crippen LogP contribution in [0.2, 0.25) is 0 Å². The van der Waals surface area contributed by atoms with Crippen molar-refractivity contribution in [2.45, 2.75) is 25.3 Å². The van der Waals surface area contributed by atoms with Crippen molar-refractivity contribution in [3.05, 3.63) is 0 Å². The summed E-state index contributed by atoms with van der Waals surface area (Å²) in [5, 5.41) is 11.6. The fourth-order valence-corrected chi connectivity index (χ4v) is 3.23. The molecule has 98 valence electrons. The predicted molar refractivity (Wildman–Crippen MR) is 66.8 cm³/mol. The Balaban J connectivity index is 2.78. The summed E-state index contributed by atoms with van der Waals surface area (Å²) in [7, 11) is 0. The maximum Gasteiger partial charge on any atom is 0.327 e. The van der Waals surface area contributed by atoms with E-state index in [-0.39, 0.29) is 17.3 Å². The monoisotopic (exact) mass is 261 g/mol. The summed E-state index contributed by atoms with van der Waals surface area (Å²) in [4.78, 5) is 24.4. The molecule has 0 saturated carbocycles. The Kier molecular flexibility index (Phi) is 5.07. The van der Waals surface area contributed by atoms with Crippen LogP contribution in [0.25, 0.3) is 0 Å². The van der Waals surface area contributed by atoms with Crippen molar-refractivity contribution in [2.75, 3.05) is 18.8 Å². The Labute approximate surface area is 105 Å². The minimum absolute atomic E-state index is 0.0890. The van der Waals surface area contributed by atoms with Gasteiger partial charge in [-0.25, -0.2) is 9.59 Å². The molecule has 6 nitrogen and oxygen atoms in total. The minimum atomic E-state index is -0.955. The number of hydrogen-bond acceptors (Lipinski definition) is 4. The fraction of sp³-hybridized carbons (Fsp3) is 0.800. The first-order chi connectivity index (χ1) is 7.99. The number of thioether (sulfide) groups is 1. The van der Waals surface area contributed by atoms with Crippen LogP contribution in [0.3, 0.4) is 0 Å². The van der Waals surface area contributed by atoms with Gasteiger partial charge in [-0.2, -0.15) is 0 Å². The number of carboxylic acid groups (broad SMARTS) is 1. The van der Waals surface area contributed by atoms with Gasteiger partial charge in [-0.15, -0.1) is 11.8 Å². The van der Waals surface area contributed by atoms with Gasteiger partial charge in [0, 0.05) is 18.8 Å². The molecular weight excluding hydrogens is 242 g/mol. The van der Waals surface area contributed by atoms with Crippen LogP contribution in [0.1, 0.15) is 13.8 Å². The molecule has 2 amide bonds. The van der Waals surface area contributed by atoms with Crippen molar-refractivity contribution >= 4 is 23.8 Å². The molecule has 2 atom stereocenters. The zero-order valence-corrected chi connectivity index (χ0v) is 10.9. The van der Waals surface area contributed by atoms with E-state index in [1.165, 1.54) is 16.7 Å². The first-order valence-electron chi connectivity index (χ1n) is 5.59. The third-order valence-electron chi connectivity index (χ3n) is 2.55. The molecule has 17 heavy (non-hydrogen) atoms. The van der Waals surface area contributed by atoms with E-state index in [0.717, 1.165) is 0 Å². The van der Waals surface area contributed by atoms with Crippen LogP contribution < -0.4 is 11.1 Å². The molecule has 2 unspecified atom stereocenters. The number of carboxylic acids is 1. The SMILES string of the molecule is CC(C)C1SCC(C(=O)O)N1C(=O)NCCN. The van der Waals surface area contributed by atoms with E-state index in [4.69, 9.17) is 10.8 Å². The molecule has 0 radical (unpaired) electrons. The minimum Gasteiger partial charge on any atom is -0.480 e. The topological polar surface area (TPSA) is 95.7 Å². The van der Waals surface area contributed by atoms with Crippen LogP contribution in [-0.4, -0.2) is 52.3 Å². The Morgan fingerprint density at radius 2 is 2.24 bits per heavy atom. The fourth-order valence-electron chi connectivity index (χ4n) is 1.76. The van der Waals surface area contributed by atoms with Crippen LogP contribution in [0.4, 0.5) is 4.79 Å². The van der Waals surface area contributed by atoms with Gasteiger partial charge in [0.15, 0.2) is 0 Å². The Morgan fingerprint density at radius 1 is 1.59 bits per heavy atom. The van der Waals surface area contributed by atoms with Crippen LogP contribution >= 0.6 is 11.8 Å². The molecule has 1 aliphatic rings. The van der Waals surface area contributed by atoms with Gasteiger partial charge in [-0.05, 0) is 5.92 Å². The van der Waals surface area contributed by atoms with Crippen molar-refractivity contribution in [3.63, 3.8) is 0 Å². The smallest absolute Gasteiger partial charge is 0.327 e. The molecular formula is C10H19N3O3S. The van der Waals surface area contributed by atoms with Gasteiger partial charge in [0.2, 0.25) is 0 Å². The largest absolute Gasteiger partial charge is 0.480 e. The molecule has 0 aromatic carbocycles. The first-order valence-corrected chi connectivity index (χ1v) is 6.64. The highest BCUT2D eigenvalue weighted by Gasteiger charge is 2.42. The summed E-state index contributed by atoms with van der Waals surface area (Å²) in [5.41, 5.74) is 5.31. The van der Waals surface area contributed by atoms with Crippen LogP contribution in [-0.2, 0) is 4.79 Å². The molecule has 1 saturated heterocycles. The number of urea groups is 1. The van der Waals surface area contributed by atoms with Gasteiger partial charge in [0.25, 0.3) is 0 Å². The molecule has 0 spiro atoms. The van der Waals surface area contributed by atoms with Crippen molar-refractivity contribution < 1.29 is 14.7 Å². The number of rotatable bonds is 4. The second-order valence-corrected chi connectivity index (χ2v) is 5.40. The molecule has 7 heteroatoms. The lowest BCUT2D eigenvalue weighted by atomic mass is 10.2. The van der Waals surface area contributed by atoms with Gasteiger partial charge >= 0.3 is 12.0 Å². The van der Waals surface area contributed by atoms with Crippen molar-refractivity contribution in [1.29, 1.82) is 0 Å². The lowest BCUT2D eigenvalue weighted by molar-refractivity contribution is -0.141. The lowest BCUT2D eigenvalue weighted by Gasteiger charge is -2.29. The molecule has 4 N–H and O–H groups in total. The van der Waals surface area contributed by atoms with Crippen LogP contribution in [0.5, 0.6) is 0 Å². The van der Waals surface area contributed by atoms with E-state index in [0.29, 0.717) is 18.8 Å². The zero-order chi connectivity index (χ0) is 13.0. The second kappa shape index (κ2) is 6.11. The van der Waals surface area contributed by atoms with Gasteiger partial charge < -0.3 is 16.2 Å². The molecule has 0 bridgehead atoms. The summed E-state index contributed by atoms with van der Waals surface area (Å²) in [6, 6.07) is -1.09. The first kappa shape index (κ1) is 14.1. The van der Waals surface area contributed by atoms with Crippen molar-refractivity contribution in [3.8, 4) is 0 Å². The Hall–Kier alpha value is -0.950. The van der Waals surface area contributed by atoms with Crippen molar-refractivity contribution in [1.82, 2.24) is 10.2 Å². The van der Waals surface area contributed by atoms with E-state index < -0.39 is 12.0 Å². The van der Waals surface area contributed by atoms with E-state index in [1.807, 2.05) is 13.8 Å². The van der Waals surface area contributed by atoms with E-state index in [1.54, 1.807) is 0 Å². The predicted octanol–water partition coefficient (Wildman–Crippen LogP) is 0.139. The third-order valence-corrected chi connectivity index (χ3v) is 4.17. The standard InChI is InChI=1S/C10H19N3O3S/c1-6(2)8-13(10(16)12-4-3-11)7(5-17-8)9(14)15/h6-8H,3-5,11H2,1-2H3,(H,12,16)(H,14,15). The number of hydrogen-bond donors (Lipinski definition) is 3. The Bertz CT molecular complexity index is 299. The number of carbonyl (C=O) groups is 2. The highest BCUT2D eigenvalue weighted by Crippen LogP contribution is 2.33. The van der Waals surface area contributed by atoms with Gasteiger partial charge in [-0.1, -0.05) is 13.8 Å². The molecule has 0 aromatic heterocycles. The summed E-state index contributed by atoms with van der Waals surface area (Å²) >= 11 is 1.51. The summed E-state index contributed by atoms with van der Waals surface area (Å²) in [6.45, 7) is 4.66. The molecule has 0 aliphatic carbocycles. The van der Waals surface area contributed by atoms with Gasteiger partial charge in [0.05, 0.1) is 5.37 Å².